The maximum atomic E-state index is 11.7. The van der Waals surface area contributed by atoms with E-state index < -0.39 is 17.8 Å². The maximum Gasteiger partial charge on any atom is 0.348 e. The molecular weight excluding hydrogens is 337 g/mol. The van der Waals surface area contributed by atoms with Gasteiger partial charge in [0, 0.05) is 11.8 Å². The lowest BCUT2D eigenvalue weighted by molar-refractivity contribution is -0.135. The first-order valence-electron chi connectivity index (χ1n) is 5.39. The molecule has 106 valence electrons. The zero-order valence-corrected chi connectivity index (χ0v) is 14.1. The van der Waals surface area contributed by atoms with Crippen molar-refractivity contribution in [1.82, 2.24) is 0 Å². The number of carbonyl (C=O) groups excluding carboxylic acids is 1. The molecule has 20 heavy (non-hydrogen) atoms. The van der Waals surface area contributed by atoms with Gasteiger partial charge in [0.05, 0.1) is 17.2 Å². The van der Waals surface area contributed by atoms with E-state index in [1.54, 1.807) is 13.8 Å². The highest BCUT2D eigenvalue weighted by Crippen LogP contribution is 2.34. The predicted octanol–water partition coefficient (Wildman–Crippen LogP) is 3.69. The van der Waals surface area contributed by atoms with Gasteiger partial charge in [-0.1, -0.05) is 37.0 Å². The summed E-state index contributed by atoms with van der Waals surface area (Å²) in [6.07, 6.45) is 0. The van der Waals surface area contributed by atoms with E-state index in [1.165, 1.54) is 7.11 Å². The van der Waals surface area contributed by atoms with Gasteiger partial charge in [-0.2, -0.15) is 5.26 Å². The van der Waals surface area contributed by atoms with Crippen LogP contribution in [-0.2, 0) is 9.53 Å². The molecule has 7 heteroatoms. The first-order chi connectivity index (χ1) is 9.35. The van der Waals surface area contributed by atoms with Gasteiger partial charge in [-0.05, 0) is 40.1 Å². The molecule has 0 fully saturated rings. The van der Waals surface area contributed by atoms with Crippen LogP contribution in [0.4, 0.5) is 0 Å². The van der Waals surface area contributed by atoms with Gasteiger partial charge in [-0.25, -0.2) is 4.79 Å². The van der Waals surface area contributed by atoms with Crippen LogP contribution in [0.25, 0.3) is 0 Å². The lowest BCUT2D eigenvalue weighted by Gasteiger charge is -2.21. The number of thiocarbonyl (C=S) groups is 2. The van der Waals surface area contributed by atoms with Crippen molar-refractivity contribution >= 4 is 63.7 Å². The predicted molar refractivity (Wildman–Crippen MR) is 86.9 cm³/mol. The molecular formula is C13H11Cl2NO2S2. The summed E-state index contributed by atoms with van der Waals surface area (Å²) in [5.74, 6) is -1.81. The van der Waals surface area contributed by atoms with Crippen molar-refractivity contribution in [3.8, 4) is 6.07 Å². The van der Waals surface area contributed by atoms with Crippen molar-refractivity contribution in [2.75, 3.05) is 7.11 Å². The Bertz CT molecular complexity index is 548. The number of nitriles is 1. The Labute approximate surface area is 138 Å². The average Bonchev–Trinajstić information content (AvgIpc) is 2.48. The molecule has 0 saturated heterocycles. The van der Waals surface area contributed by atoms with Gasteiger partial charge < -0.3 is 4.74 Å². The smallest absolute Gasteiger partial charge is 0.348 e. The van der Waals surface area contributed by atoms with Gasteiger partial charge in [-0.3, -0.25) is 0 Å². The molecule has 0 bridgehead atoms. The van der Waals surface area contributed by atoms with Gasteiger partial charge in [0.25, 0.3) is 0 Å². The Morgan fingerprint density at radius 2 is 1.55 bits per heavy atom. The molecule has 0 aromatic rings. The molecule has 0 aliphatic rings. The minimum Gasteiger partial charge on any atom is -0.465 e. The molecule has 0 heterocycles. The van der Waals surface area contributed by atoms with Crippen molar-refractivity contribution in [3.05, 3.63) is 21.2 Å². The van der Waals surface area contributed by atoms with Crippen LogP contribution >= 0.6 is 47.6 Å². The van der Waals surface area contributed by atoms with Crippen LogP contribution < -0.4 is 0 Å². The number of halogens is 2. The highest BCUT2D eigenvalue weighted by molar-refractivity contribution is 7.78. The Hall–Kier alpha value is -0.980. The maximum absolute atomic E-state index is 11.7. The summed E-state index contributed by atoms with van der Waals surface area (Å²) in [7, 11) is 1.18. The molecule has 2 unspecified atom stereocenters. The molecule has 0 spiro atoms. The van der Waals surface area contributed by atoms with Crippen molar-refractivity contribution in [3.63, 3.8) is 0 Å². The minimum absolute atomic E-state index is 0.181. The average molecular weight is 348 g/mol. The summed E-state index contributed by atoms with van der Waals surface area (Å²) < 4.78 is 4.59. The lowest BCUT2D eigenvalue weighted by atomic mass is 9.86. The molecule has 0 saturated carbocycles. The number of esters is 1. The van der Waals surface area contributed by atoms with Crippen LogP contribution in [0.1, 0.15) is 13.8 Å². The third kappa shape index (κ3) is 4.54. The number of carbonyl (C=O) groups is 1. The molecule has 0 aromatic carbocycles. The third-order valence-corrected chi connectivity index (χ3v) is 4.19. The number of ether oxygens (including phenoxy) is 1. The summed E-state index contributed by atoms with van der Waals surface area (Å²) in [5.41, 5.74) is 0.184. The lowest BCUT2D eigenvalue weighted by Crippen LogP contribution is -2.17. The third-order valence-electron chi connectivity index (χ3n) is 2.68. The van der Waals surface area contributed by atoms with E-state index in [0.29, 0.717) is 5.57 Å². The Morgan fingerprint density at radius 3 is 1.80 bits per heavy atom. The minimum atomic E-state index is -0.774. The molecule has 0 rings (SSSR count). The van der Waals surface area contributed by atoms with E-state index in [0.717, 1.165) is 0 Å². The molecule has 0 aromatic heterocycles. The Balaban J connectivity index is 6.28. The van der Waals surface area contributed by atoms with Crippen molar-refractivity contribution in [2.45, 2.75) is 13.8 Å². The SMILES string of the molecule is COC(=O)C(C#N)=C(C(C)C(Cl)=C=S)C(C)C(Cl)=C=S. The van der Waals surface area contributed by atoms with E-state index in [4.69, 9.17) is 23.2 Å². The second kappa shape index (κ2) is 9.05. The highest BCUT2D eigenvalue weighted by atomic mass is 35.5. The zero-order valence-electron chi connectivity index (χ0n) is 11.0. The van der Waals surface area contributed by atoms with Crippen LogP contribution in [0, 0.1) is 23.2 Å². The second-order valence-corrected chi connectivity index (χ2v) is 5.00. The summed E-state index contributed by atoms with van der Waals surface area (Å²) in [6.45, 7) is 3.36. The van der Waals surface area contributed by atoms with Gasteiger partial charge >= 0.3 is 5.97 Å². The molecule has 0 aliphatic heterocycles. The molecule has 3 nitrogen and oxygen atoms in total. The quantitative estimate of drug-likeness (QED) is 0.328. The van der Waals surface area contributed by atoms with Crippen LogP contribution in [0.3, 0.4) is 0 Å². The zero-order chi connectivity index (χ0) is 15.9. The normalized spacial score (nSPS) is 12.0. The van der Waals surface area contributed by atoms with Crippen molar-refractivity contribution in [2.24, 2.45) is 11.8 Å². The van der Waals surface area contributed by atoms with E-state index in [9.17, 15) is 10.1 Å². The fourth-order valence-electron chi connectivity index (χ4n) is 1.59. The van der Waals surface area contributed by atoms with Crippen LogP contribution in [-0.4, -0.2) is 23.1 Å². The molecule has 0 aliphatic carbocycles. The van der Waals surface area contributed by atoms with E-state index in [1.807, 2.05) is 6.07 Å². The van der Waals surface area contributed by atoms with E-state index in [-0.39, 0.29) is 15.6 Å². The fourth-order valence-corrected chi connectivity index (χ4v) is 2.18. The standard InChI is InChI=1S/C13H11Cl2NO2S2/c1-7(10(14)5-19)12(8(2)11(15)6-20)9(4-16)13(17)18-3/h7-8H,1-3H3. The summed E-state index contributed by atoms with van der Waals surface area (Å²) in [5, 5.41) is 14.3. The van der Waals surface area contributed by atoms with Crippen molar-refractivity contribution < 1.29 is 9.53 Å². The fraction of sp³-hybridized carbons (Fsp3) is 0.385. The largest absolute Gasteiger partial charge is 0.465 e. The van der Waals surface area contributed by atoms with Crippen LogP contribution in [0.15, 0.2) is 21.2 Å². The van der Waals surface area contributed by atoms with E-state index in [2.05, 4.69) is 39.2 Å². The highest BCUT2D eigenvalue weighted by Gasteiger charge is 2.28. The van der Waals surface area contributed by atoms with Crippen molar-refractivity contribution in [1.29, 1.82) is 5.26 Å². The molecule has 0 amide bonds. The molecule has 0 radical (unpaired) electrons. The second-order valence-electron chi connectivity index (χ2n) is 3.78. The monoisotopic (exact) mass is 347 g/mol. The number of hydrogen-bond acceptors (Lipinski definition) is 5. The van der Waals surface area contributed by atoms with Gasteiger partial charge in [0.2, 0.25) is 0 Å². The van der Waals surface area contributed by atoms with E-state index >= 15 is 0 Å². The van der Waals surface area contributed by atoms with Crippen LogP contribution in [0.5, 0.6) is 0 Å². The number of nitrogens with zero attached hydrogens (tertiary/aromatic N) is 1. The number of allylic oxidation sites excluding steroid dienone is 3. The first kappa shape index (κ1) is 19.0. The van der Waals surface area contributed by atoms with Crippen LogP contribution in [0.2, 0.25) is 0 Å². The molecule has 2 atom stereocenters. The number of methoxy groups -OCH3 is 1. The molecule has 0 N–H and O–H groups in total. The summed E-state index contributed by atoms with van der Waals surface area (Å²) in [6, 6.07) is 1.81. The Kier molecular flexibility index (Phi) is 8.60. The summed E-state index contributed by atoms with van der Waals surface area (Å²) in [4.78, 5) is 11.7. The number of rotatable bonds is 5. The first-order valence-corrected chi connectivity index (χ1v) is 6.96. The van der Waals surface area contributed by atoms with Gasteiger partial charge in [-0.15, -0.1) is 0 Å². The van der Waals surface area contributed by atoms with Gasteiger partial charge in [0.15, 0.2) is 0 Å². The topological polar surface area (TPSA) is 50.1 Å². The van der Waals surface area contributed by atoms with Gasteiger partial charge in [0.1, 0.15) is 11.6 Å². The Morgan fingerprint density at radius 1 is 1.15 bits per heavy atom. The number of hydrogen-bond donors (Lipinski definition) is 0. The summed E-state index contributed by atoms with van der Waals surface area (Å²) >= 11 is 21.2.